The summed E-state index contributed by atoms with van der Waals surface area (Å²) >= 11 is 2.15. The summed E-state index contributed by atoms with van der Waals surface area (Å²) in [7, 11) is 1.64. The lowest BCUT2D eigenvalue weighted by molar-refractivity contribution is -0.118. The van der Waals surface area contributed by atoms with Gasteiger partial charge in [-0.2, -0.15) is 0 Å². The van der Waals surface area contributed by atoms with Gasteiger partial charge in [-0.25, -0.2) is 9.97 Å². The minimum absolute atomic E-state index is 0.413. The third kappa shape index (κ3) is 3.21. The third-order valence-electron chi connectivity index (χ3n) is 3.36. The van der Waals surface area contributed by atoms with Crippen molar-refractivity contribution < 1.29 is 14.2 Å². The number of nitrogens with two attached hydrogens (primary N) is 1. The summed E-state index contributed by atoms with van der Waals surface area (Å²) in [5, 5.41) is 0. The molecule has 0 unspecified atom stereocenters. The van der Waals surface area contributed by atoms with Crippen LogP contribution in [0.1, 0.15) is 31.3 Å². The monoisotopic (exact) mass is 393 g/mol. The fourth-order valence-corrected chi connectivity index (χ4v) is 2.76. The number of hydrogen-bond acceptors (Lipinski definition) is 6. The van der Waals surface area contributed by atoms with Crippen molar-refractivity contribution in [1.82, 2.24) is 9.97 Å². The minimum Gasteiger partial charge on any atom is -0.383 e. The highest BCUT2D eigenvalue weighted by molar-refractivity contribution is 14.1. The first-order chi connectivity index (χ1) is 9.63. The molecule has 7 heteroatoms. The average molecular weight is 393 g/mol. The van der Waals surface area contributed by atoms with Gasteiger partial charge in [0, 0.05) is 39.8 Å². The summed E-state index contributed by atoms with van der Waals surface area (Å²) in [5.74, 6) is 1.13. The Kier molecular flexibility index (Phi) is 5.53. The van der Waals surface area contributed by atoms with E-state index in [1.807, 2.05) is 6.92 Å². The summed E-state index contributed by atoms with van der Waals surface area (Å²) < 4.78 is 17.4. The number of hydrogen-bond donors (Lipinski definition) is 1. The molecule has 0 radical (unpaired) electrons. The van der Waals surface area contributed by atoms with Crippen LogP contribution in [0.15, 0.2) is 0 Å². The molecule has 2 heterocycles. The van der Waals surface area contributed by atoms with Gasteiger partial charge in [-0.05, 0) is 29.5 Å². The van der Waals surface area contributed by atoms with Gasteiger partial charge in [-0.15, -0.1) is 0 Å². The van der Waals surface area contributed by atoms with Crippen LogP contribution in [-0.2, 0) is 26.4 Å². The van der Waals surface area contributed by atoms with E-state index in [0.29, 0.717) is 38.1 Å². The summed E-state index contributed by atoms with van der Waals surface area (Å²) in [6.07, 6.45) is 1.49. The summed E-state index contributed by atoms with van der Waals surface area (Å²) in [5.41, 5.74) is 6.33. The lowest BCUT2D eigenvalue weighted by atomic mass is 9.92. The number of nitrogens with zero attached hydrogens (tertiary/aromatic N) is 2. The lowest BCUT2D eigenvalue weighted by Crippen LogP contribution is -2.39. The van der Waals surface area contributed by atoms with Crippen LogP contribution in [0.25, 0.3) is 0 Å². The van der Waals surface area contributed by atoms with Crippen LogP contribution in [0.4, 0.5) is 5.82 Å². The summed E-state index contributed by atoms with van der Waals surface area (Å²) in [6, 6.07) is 0. The number of rotatable bonds is 5. The second kappa shape index (κ2) is 6.97. The van der Waals surface area contributed by atoms with Crippen LogP contribution in [0.2, 0.25) is 0 Å². The zero-order valence-corrected chi connectivity index (χ0v) is 14.0. The van der Waals surface area contributed by atoms with Gasteiger partial charge >= 0.3 is 0 Å². The second-order valence-corrected chi connectivity index (χ2v) is 5.74. The lowest BCUT2D eigenvalue weighted by Gasteiger charge is -2.35. The largest absolute Gasteiger partial charge is 0.383 e. The van der Waals surface area contributed by atoms with Crippen LogP contribution in [0.5, 0.6) is 0 Å². The van der Waals surface area contributed by atoms with E-state index >= 15 is 0 Å². The number of nitrogen functional groups attached to an aromatic ring is 1. The van der Waals surface area contributed by atoms with Crippen molar-refractivity contribution in [3.8, 4) is 0 Å². The molecule has 0 aromatic carbocycles. The highest BCUT2D eigenvalue weighted by atomic mass is 127. The van der Waals surface area contributed by atoms with Crippen molar-refractivity contribution >= 4 is 28.4 Å². The first kappa shape index (κ1) is 15.9. The van der Waals surface area contributed by atoms with E-state index in [-0.39, 0.29) is 0 Å². The standard InChI is InChI=1S/C13H20IN3O3/c1-3-20-13(4-6-19-7-5-13)12-16-9(8-18-2)10(14)11(15)17-12/h3-8H2,1-2H3,(H2,15,16,17). The Balaban J connectivity index is 2.42. The van der Waals surface area contributed by atoms with Crippen molar-refractivity contribution in [2.24, 2.45) is 0 Å². The fraction of sp³-hybridized carbons (Fsp3) is 0.692. The molecule has 0 atom stereocenters. The third-order valence-corrected chi connectivity index (χ3v) is 4.53. The summed E-state index contributed by atoms with van der Waals surface area (Å²) in [6.45, 7) is 4.29. The van der Waals surface area contributed by atoms with E-state index in [2.05, 4.69) is 32.6 Å². The second-order valence-electron chi connectivity index (χ2n) is 4.67. The number of ether oxygens (including phenoxy) is 3. The molecule has 1 aromatic rings. The van der Waals surface area contributed by atoms with Crippen molar-refractivity contribution in [3.63, 3.8) is 0 Å². The number of methoxy groups -OCH3 is 1. The molecule has 1 saturated heterocycles. The predicted octanol–water partition coefficient (Wildman–Crippen LogP) is 1.85. The van der Waals surface area contributed by atoms with Crippen LogP contribution in [0.3, 0.4) is 0 Å². The Morgan fingerprint density at radius 1 is 1.35 bits per heavy atom. The van der Waals surface area contributed by atoms with E-state index in [0.717, 1.165) is 22.1 Å². The fourth-order valence-electron chi connectivity index (χ4n) is 2.36. The summed E-state index contributed by atoms with van der Waals surface area (Å²) in [4.78, 5) is 9.09. The molecule has 20 heavy (non-hydrogen) atoms. The first-order valence-corrected chi connectivity index (χ1v) is 7.74. The van der Waals surface area contributed by atoms with Crippen molar-refractivity contribution in [2.75, 3.05) is 32.7 Å². The van der Waals surface area contributed by atoms with Crippen LogP contribution >= 0.6 is 22.6 Å². The zero-order chi connectivity index (χ0) is 14.6. The molecule has 112 valence electrons. The molecule has 1 aliphatic heterocycles. The van der Waals surface area contributed by atoms with Gasteiger partial charge in [0.25, 0.3) is 0 Å². The van der Waals surface area contributed by atoms with E-state index in [9.17, 15) is 0 Å². The van der Waals surface area contributed by atoms with Crippen molar-refractivity contribution in [1.29, 1.82) is 0 Å². The molecule has 0 saturated carbocycles. The van der Waals surface area contributed by atoms with Gasteiger partial charge in [0.2, 0.25) is 0 Å². The molecule has 0 aliphatic carbocycles. The predicted molar refractivity (Wildman–Crippen MR) is 83.2 cm³/mol. The van der Waals surface area contributed by atoms with Gasteiger partial charge in [-0.3, -0.25) is 0 Å². The highest BCUT2D eigenvalue weighted by Crippen LogP contribution is 2.35. The van der Waals surface area contributed by atoms with Gasteiger partial charge in [0.15, 0.2) is 5.82 Å². The smallest absolute Gasteiger partial charge is 0.163 e. The quantitative estimate of drug-likeness (QED) is 0.770. The Morgan fingerprint density at radius 2 is 2.05 bits per heavy atom. The Morgan fingerprint density at radius 3 is 2.65 bits per heavy atom. The molecule has 1 fully saturated rings. The number of halogens is 1. The Bertz CT molecular complexity index is 459. The maximum absolute atomic E-state index is 6.01. The molecule has 0 spiro atoms. The van der Waals surface area contributed by atoms with Crippen LogP contribution in [0, 0.1) is 3.57 Å². The van der Waals surface area contributed by atoms with Crippen LogP contribution < -0.4 is 5.73 Å². The van der Waals surface area contributed by atoms with E-state index < -0.39 is 5.60 Å². The topological polar surface area (TPSA) is 79.5 Å². The normalized spacial score (nSPS) is 18.1. The van der Waals surface area contributed by atoms with E-state index in [1.165, 1.54) is 0 Å². The number of aromatic nitrogens is 2. The van der Waals surface area contributed by atoms with Gasteiger partial charge in [0.05, 0.1) is 15.9 Å². The van der Waals surface area contributed by atoms with Gasteiger partial charge in [-0.1, -0.05) is 0 Å². The molecule has 1 aliphatic rings. The van der Waals surface area contributed by atoms with Crippen molar-refractivity contribution in [2.45, 2.75) is 32.0 Å². The van der Waals surface area contributed by atoms with Gasteiger partial charge < -0.3 is 19.9 Å². The Labute approximate surface area is 132 Å². The first-order valence-electron chi connectivity index (χ1n) is 6.66. The molecule has 6 nitrogen and oxygen atoms in total. The molecule has 0 bridgehead atoms. The maximum Gasteiger partial charge on any atom is 0.163 e. The SMILES string of the molecule is CCOC1(c2nc(N)c(I)c(COC)n2)CCOCC1. The van der Waals surface area contributed by atoms with E-state index in [1.54, 1.807) is 7.11 Å². The molecule has 2 rings (SSSR count). The average Bonchev–Trinajstić information content (AvgIpc) is 2.45. The molecular formula is C13H20IN3O3. The zero-order valence-electron chi connectivity index (χ0n) is 11.8. The van der Waals surface area contributed by atoms with Crippen LogP contribution in [-0.4, -0.2) is 36.9 Å². The molecule has 1 aromatic heterocycles. The van der Waals surface area contributed by atoms with Gasteiger partial charge in [0.1, 0.15) is 11.4 Å². The highest BCUT2D eigenvalue weighted by Gasteiger charge is 2.38. The molecule has 2 N–H and O–H groups in total. The maximum atomic E-state index is 6.01. The molecule has 0 amide bonds. The number of anilines is 1. The van der Waals surface area contributed by atoms with E-state index in [4.69, 9.17) is 19.9 Å². The molecular weight excluding hydrogens is 373 g/mol. The van der Waals surface area contributed by atoms with Crippen molar-refractivity contribution in [3.05, 3.63) is 15.1 Å². The minimum atomic E-state index is -0.492. The Hall–Kier alpha value is -0.510.